The molecule has 0 saturated carbocycles. The first-order valence-corrected chi connectivity index (χ1v) is 13.6. The maximum atomic E-state index is 12.7. The summed E-state index contributed by atoms with van der Waals surface area (Å²) in [5, 5.41) is 23.5. The van der Waals surface area contributed by atoms with Gasteiger partial charge in [0.15, 0.2) is 11.8 Å². The van der Waals surface area contributed by atoms with E-state index >= 15 is 0 Å². The molecule has 2 atom stereocenters. The summed E-state index contributed by atoms with van der Waals surface area (Å²) < 4.78 is 39.4. The molecule has 4 rings (SSSR count). The Morgan fingerprint density at radius 3 is 2.37 bits per heavy atom. The molecular weight excluding hydrogens is 512 g/mol. The summed E-state index contributed by atoms with van der Waals surface area (Å²) in [5.41, 5.74) is 3.93. The first kappa shape index (κ1) is 27.2. The Balaban J connectivity index is 1.55. The zero-order valence-electron chi connectivity index (χ0n) is 21.3. The van der Waals surface area contributed by atoms with Crippen LogP contribution in [0.15, 0.2) is 47.4 Å². The van der Waals surface area contributed by atoms with Gasteiger partial charge in [-0.25, -0.2) is 0 Å². The maximum absolute atomic E-state index is 12.7. The normalized spacial score (nSPS) is 15.0. The van der Waals surface area contributed by atoms with Gasteiger partial charge >= 0.3 is 5.97 Å². The van der Waals surface area contributed by atoms with E-state index in [1.54, 1.807) is 24.3 Å². The number of carbonyl (C=O) groups excluding carboxylic acids is 2. The molecular formula is C27H30N2O8S. The van der Waals surface area contributed by atoms with E-state index in [1.165, 1.54) is 29.7 Å². The second kappa shape index (κ2) is 10.5. The average molecular weight is 543 g/mol. The maximum Gasteiger partial charge on any atom is 0.302 e. The van der Waals surface area contributed by atoms with E-state index in [2.05, 4.69) is 5.32 Å². The van der Waals surface area contributed by atoms with Crippen molar-refractivity contribution in [2.24, 2.45) is 0 Å². The molecule has 0 bridgehead atoms. The predicted octanol–water partition coefficient (Wildman–Crippen LogP) is 4.36. The largest absolute Gasteiger partial charge is 0.494 e. The fourth-order valence-electron chi connectivity index (χ4n) is 4.74. The van der Waals surface area contributed by atoms with Crippen LogP contribution in [0.5, 0.6) is 11.8 Å². The van der Waals surface area contributed by atoms with Crippen molar-refractivity contribution < 1.29 is 37.5 Å². The smallest absolute Gasteiger partial charge is 0.302 e. The Bertz CT molecular complexity index is 1510. The number of ether oxygens (including phenoxy) is 1. The van der Waals surface area contributed by atoms with Crippen LogP contribution < -0.4 is 5.32 Å². The summed E-state index contributed by atoms with van der Waals surface area (Å²) in [6.07, 6.45) is 0.775. The number of nitrogens with zero attached hydrogens (tertiary/aromatic N) is 1. The molecule has 11 heteroatoms. The molecule has 1 amide bonds. The Hall–Kier alpha value is -3.83. The van der Waals surface area contributed by atoms with Crippen LogP contribution >= 0.6 is 0 Å². The van der Waals surface area contributed by atoms with Crippen LogP contribution in [0.1, 0.15) is 62.1 Å². The number of hydrogen-bond donors (Lipinski definition) is 4. The summed E-state index contributed by atoms with van der Waals surface area (Å²) in [7, 11) is -4.43. The number of esters is 1. The Kier molecular flexibility index (Phi) is 7.52. The minimum Gasteiger partial charge on any atom is -0.494 e. The van der Waals surface area contributed by atoms with Gasteiger partial charge in [0.2, 0.25) is 5.91 Å². The van der Waals surface area contributed by atoms with E-state index in [-0.39, 0.29) is 48.1 Å². The van der Waals surface area contributed by atoms with E-state index in [0.29, 0.717) is 16.8 Å². The van der Waals surface area contributed by atoms with Gasteiger partial charge in [-0.15, -0.1) is 0 Å². The van der Waals surface area contributed by atoms with Gasteiger partial charge in [-0.1, -0.05) is 26.0 Å². The molecule has 0 radical (unpaired) electrons. The predicted molar refractivity (Wildman–Crippen MR) is 140 cm³/mol. The molecule has 2 unspecified atom stereocenters. The molecule has 1 heterocycles. The van der Waals surface area contributed by atoms with E-state index in [9.17, 15) is 32.8 Å². The third-order valence-corrected chi connectivity index (χ3v) is 7.78. The SMILES string of the molecule is CCC(C)c1cc(O)n(CCC(=O)Nc2ccc3c(c2)C(COC(C)=O)c2cc(S(=O)(=O)O)ccc2-3)c1O. The first-order chi connectivity index (χ1) is 17.9. The van der Waals surface area contributed by atoms with Crippen LogP contribution in [0, 0.1) is 0 Å². The number of aromatic nitrogens is 1. The highest BCUT2D eigenvalue weighted by molar-refractivity contribution is 7.85. The molecule has 38 heavy (non-hydrogen) atoms. The van der Waals surface area contributed by atoms with Gasteiger partial charge < -0.3 is 20.3 Å². The quantitative estimate of drug-likeness (QED) is 0.230. The number of rotatable bonds is 9. The second-order valence-corrected chi connectivity index (χ2v) is 10.8. The highest BCUT2D eigenvalue weighted by Gasteiger charge is 2.31. The molecule has 0 aliphatic heterocycles. The van der Waals surface area contributed by atoms with E-state index < -0.39 is 22.0 Å². The fourth-order valence-corrected chi connectivity index (χ4v) is 5.26. The third-order valence-electron chi connectivity index (χ3n) is 6.93. The number of aromatic hydroxyl groups is 2. The van der Waals surface area contributed by atoms with E-state index in [0.717, 1.165) is 23.1 Å². The summed E-state index contributed by atoms with van der Waals surface area (Å²) >= 11 is 0. The van der Waals surface area contributed by atoms with Crippen molar-refractivity contribution in [2.45, 2.75) is 56.9 Å². The van der Waals surface area contributed by atoms with Crippen molar-refractivity contribution in [2.75, 3.05) is 11.9 Å². The van der Waals surface area contributed by atoms with Crippen LogP contribution in [-0.2, 0) is 31.0 Å². The molecule has 3 aromatic rings. The Labute approximate surface area is 220 Å². The van der Waals surface area contributed by atoms with Gasteiger partial charge in [0.05, 0.1) is 4.90 Å². The number of nitrogens with one attached hydrogen (secondary N) is 1. The van der Waals surface area contributed by atoms with Crippen molar-refractivity contribution in [1.82, 2.24) is 4.57 Å². The molecule has 202 valence electrons. The highest BCUT2D eigenvalue weighted by Crippen LogP contribution is 2.46. The van der Waals surface area contributed by atoms with Crippen molar-refractivity contribution in [3.05, 3.63) is 59.2 Å². The first-order valence-electron chi connectivity index (χ1n) is 12.2. The average Bonchev–Trinajstić information content (AvgIpc) is 3.32. The van der Waals surface area contributed by atoms with Crippen molar-refractivity contribution in [1.29, 1.82) is 0 Å². The molecule has 2 aromatic carbocycles. The summed E-state index contributed by atoms with van der Waals surface area (Å²) in [4.78, 5) is 24.0. The zero-order valence-corrected chi connectivity index (χ0v) is 22.1. The monoisotopic (exact) mass is 542 g/mol. The van der Waals surface area contributed by atoms with Gasteiger partial charge in [0.1, 0.15) is 6.61 Å². The van der Waals surface area contributed by atoms with Crippen LogP contribution in [0.4, 0.5) is 5.69 Å². The number of carbonyl (C=O) groups is 2. The van der Waals surface area contributed by atoms with Crippen molar-refractivity contribution in [3.63, 3.8) is 0 Å². The number of benzene rings is 2. The number of anilines is 1. The minimum atomic E-state index is -4.43. The molecule has 0 saturated heterocycles. The lowest BCUT2D eigenvalue weighted by atomic mass is 9.97. The Morgan fingerprint density at radius 1 is 1.08 bits per heavy atom. The zero-order chi connectivity index (χ0) is 27.8. The summed E-state index contributed by atoms with van der Waals surface area (Å²) in [5.74, 6) is -1.46. The van der Waals surface area contributed by atoms with Gasteiger partial charge in [0, 0.05) is 43.1 Å². The summed E-state index contributed by atoms with van der Waals surface area (Å²) in [6, 6.07) is 11.0. The summed E-state index contributed by atoms with van der Waals surface area (Å²) in [6.45, 7) is 5.21. The van der Waals surface area contributed by atoms with Crippen LogP contribution in [0.2, 0.25) is 0 Å². The standard InChI is InChI=1S/C27H30N2O8S/c1-4-15(2)21-13-26(32)29(27(21)33)10-9-25(31)28-17-5-7-19-20-8-6-18(38(34,35)36)12-23(20)24(22(19)11-17)14-37-16(3)30/h5-8,11-13,15,24,32-33H,4,9-10,14H2,1-3H3,(H,28,31)(H,34,35,36). The fraction of sp³-hybridized carbons (Fsp3) is 0.333. The van der Waals surface area contributed by atoms with Crippen molar-refractivity contribution in [3.8, 4) is 22.9 Å². The number of fused-ring (bicyclic) bond motifs is 3. The highest BCUT2D eigenvalue weighted by atomic mass is 32.2. The lowest BCUT2D eigenvalue weighted by Gasteiger charge is -2.15. The molecule has 10 nitrogen and oxygen atoms in total. The lowest BCUT2D eigenvalue weighted by molar-refractivity contribution is -0.141. The molecule has 1 aromatic heterocycles. The number of amides is 1. The van der Waals surface area contributed by atoms with E-state index in [4.69, 9.17) is 4.74 Å². The lowest BCUT2D eigenvalue weighted by Crippen LogP contribution is -2.15. The molecule has 1 aliphatic carbocycles. The minimum absolute atomic E-state index is 0.0123. The van der Waals surface area contributed by atoms with Crippen LogP contribution in [0.25, 0.3) is 11.1 Å². The van der Waals surface area contributed by atoms with Gasteiger partial charge in [0.25, 0.3) is 10.1 Å². The number of hydrogen-bond acceptors (Lipinski definition) is 7. The second-order valence-electron chi connectivity index (χ2n) is 9.42. The third kappa shape index (κ3) is 5.39. The molecule has 4 N–H and O–H groups in total. The van der Waals surface area contributed by atoms with Crippen molar-refractivity contribution >= 4 is 27.7 Å². The molecule has 0 fully saturated rings. The van der Waals surface area contributed by atoms with Crippen LogP contribution in [-0.4, -0.2) is 46.2 Å². The molecule has 1 aliphatic rings. The van der Waals surface area contributed by atoms with Gasteiger partial charge in [-0.2, -0.15) is 8.42 Å². The Morgan fingerprint density at radius 2 is 1.74 bits per heavy atom. The van der Waals surface area contributed by atoms with Crippen LogP contribution in [0.3, 0.4) is 0 Å². The topological polar surface area (TPSA) is 155 Å². The van der Waals surface area contributed by atoms with Gasteiger partial charge in [-0.05, 0) is 58.9 Å². The van der Waals surface area contributed by atoms with Gasteiger partial charge in [-0.3, -0.25) is 18.7 Å². The van der Waals surface area contributed by atoms with E-state index in [1.807, 2.05) is 13.8 Å². The molecule has 0 spiro atoms.